The van der Waals surface area contributed by atoms with Gasteiger partial charge in [0.2, 0.25) is 0 Å². The van der Waals surface area contributed by atoms with Crippen LogP contribution in [0, 0.1) is 6.92 Å². The van der Waals surface area contributed by atoms with Crippen LogP contribution in [0.2, 0.25) is 0 Å². The fourth-order valence-electron chi connectivity index (χ4n) is 2.90. The minimum atomic E-state index is -1.38. The van der Waals surface area contributed by atoms with E-state index in [0.717, 1.165) is 11.1 Å². The molecule has 0 aliphatic carbocycles. The summed E-state index contributed by atoms with van der Waals surface area (Å²) < 4.78 is 25.4. The Balaban J connectivity index is 2.52. The molecule has 0 heterocycles. The van der Waals surface area contributed by atoms with Gasteiger partial charge in [-0.05, 0) is 42.3 Å². The first-order valence-electron chi connectivity index (χ1n) is 9.58. The van der Waals surface area contributed by atoms with Crippen LogP contribution in [0.5, 0.6) is 5.75 Å². The van der Waals surface area contributed by atoms with Crippen molar-refractivity contribution in [3.63, 3.8) is 0 Å². The second-order valence-electron chi connectivity index (χ2n) is 7.85. The molecule has 9 heteroatoms. The molecule has 0 aliphatic heterocycles. The summed E-state index contributed by atoms with van der Waals surface area (Å²) in [5.74, 6) is -0.431. The number of nitrogens with two attached hydrogens (primary N) is 1. The lowest BCUT2D eigenvalue weighted by atomic mass is 9.84. The number of nitrogen functional groups attached to an aromatic ring is 1. The lowest BCUT2D eigenvalue weighted by Gasteiger charge is -2.27. The van der Waals surface area contributed by atoms with Crippen molar-refractivity contribution in [2.45, 2.75) is 33.1 Å². The quantitative estimate of drug-likeness (QED) is 0.421. The van der Waals surface area contributed by atoms with Crippen LogP contribution in [-0.2, 0) is 25.9 Å². The second kappa shape index (κ2) is 9.82. The van der Waals surface area contributed by atoms with Gasteiger partial charge >= 0.3 is 5.97 Å². The Hall–Kier alpha value is -3.07. The van der Waals surface area contributed by atoms with E-state index in [-0.39, 0.29) is 18.5 Å². The molecule has 168 valence electrons. The Morgan fingerprint density at radius 2 is 1.81 bits per heavy atom. The summed E-state index contributed by atoms with van der Waals surface area (Å²) >= 11 is 0. The maximum atomic E-state index is 12.9. The molecule has 0 saturated carbocycles. The van der Waals surface area contributed by atoms with Crippen molar-refractivity contribution >= 4 is 39.9 Å². The molecular formula is C22H29N3O5S. The maximum absolute atomic E-state index is 12.9. The first-order valence-corrected chi connectivity index (χ1v) is 11.1. The van der Waals surface area contributed by atoms with Crippen molar-refractivity contribution in [3.05, 3.63) is 47.0 Å². The van der Waals surface area contributed by atoms with Crippen LogP contribution in [0.3, 0.4) is 0 Å². The van der Waals surface area contributed by atoms with E-state index in [0.29, 0.717) is 28.4 Å². The van der Waals surface area contributed by atoms with E-state index in [1.54, 1.807) is 30.3 Å². The van der Waals surface area contributed by atoms with Gasteiger partial charge in [0.25, 0.3) is 5.91 Å². The van der Waals surface area contributed by atoms with Crippen LogP contribution in [0.1, 0.15) is 42.3 Å². The van der Waals surface area contributed by atoms with Gasteiger partial charge in [0, 0.05) is 29.8 Å². The monoisotopic (exact) mass is 447 g/mol. The number of rotatable bonds is 8. The van der Waals surface area contributed by atoms with Gasteiger partial charge in [-0.3, -0.25) is 9.59 Å². The Morgan fingerprint density at radius 1 is 1.16 bits per heavy atom. The molecule has 0 radical (unpaired) electrons. The highest BCUT2D eigenvalue weighted by Gasteiger charge is 2.26. The topological polar surface area (TPSA) is 120 Å². The zero-order chi connectivity index (χ0) is 23.3. The van der Waals surface area contributed by atoms with Gasteiger partial charge in [-0.1, -0.05) is 19.9 Å². The number of carbonyl (C=O) groups is 2. The minimum Gasteiger partial charge on any atom is -0.492 e. The number of aryl methyl sites for hydroxylation is 1. The van der Waals surface area contributed by atoms with Crippen LogP contribution in [0.4, 0.5) is 17.1 Å². The number of methoxy groups -OCH3 is 1. The highest BCUT2D eigenvalue weighted by molar-refractivity contribution is 7.85. The molecule has 1 amide bonds. The molecule has 2 aromatic rings. The number of ether oxygens (including phenoxy) is 2. The molecular weight excluding hydrogens is 418 g/mol. The number of anilines is 3. The zero-order valence-electron chi connectivity index (χ0n) is 18.6. The molecule has 1 unspecified atom stereocenters. The van der Waals surface area contributed by atoms with Crippen LogP contribution >= 0.6 is 0 Å². The fraction of sp³-hybridized carbons (Fsp3) is 0.364. The summed E-state index contributed by atoms with van der Waals surface area (Å²) in [6.45, 7) is 7.13. The minimum absolute atomic E-state index is 0.130. The molecule has 0 aromatic heterocycles. The molecule has 0 spiro atoms. The zero-order valence-corrected chi connectivity index (χ0v) is 19.4. The number of hydrogen-bond donors (Lipinski definition) is 3. The van der Waals surface area contributed by atoms with E-state index in [1.807, 2.05) is 20.8 Å². The summed E-state index contributed by atoms with van der Waals surface area (Å²) in [5.41, 5.74) is 8.70. The normalized spacial score (nSPS) is 12.1. The Labute approximate surface area is 185 Å². The third-order valence-electron chi connectivity index (χ3n) is 4.75. The highest BCUT2D eigenvalue weighted by atomic mass is 32.2. The van der Waals surface area contributed by atoms with Crippen molar-refractivity contribution in [1.82, 2.24) is 0 Å². The van der Waals surface area contributed by atoms with Gasteiger partial charge in [-0.15, -0.1) is 0 Å². The molecule has 2 aromatic carbocycles. The van der Waals surface area contributed by atoms with E-state index in [1.165, 1.54) is 20.3 Å². The van der Waals surface area contributed by atoms with Gasteiger partial charge < -0.3 is 25.2 Å². The summed E-state index contributed by atoms with van der Waals surface area (Å²) in [7, 11) is 0.0788. The molecule has 2 rings (SSSR count). The second-order valence-corrected chi connectivity index (χ2v) is 8.96. The van der Waals surface area contributed by atoms with Gasteiger partial charge in [-0.25, -0.2) is 4.21 Å². The Morgan fingerprint density at radius 3 is 2.35 bits per heavy atom. The lowest BCUT2D eigenvalue weighted by Crippen LogP contribution is -2.26. The average molecular weight is 448 g/mol. The molecule has 1 atom stereocenters. The summed E-state index contributed by atoms with van der Waals surface area (Å²) in [6.07, 6.45) is 1.49. The van der Waals surface area contributed by atoms with Crippen LogP contribution in [-0.4, -0.2) is 36.1 Å². The van der Waals surface area contributed by atoms with E-state index in [9.17, 15) is 13.8 Å². The molecule has 0 saturated heterocycles. The molecule has 8 nitrogen and oxygen atoms in total. The highest BCUT2D eigenvalue weighted by Crippen LogP contribution is 2.39. The van der Waals surface area contributed by atoms with E-state index >= 15 is 0 Å². The van der Waals surface area contributed by atoms with Crippen LogP contribution in [0.15, 0.2) is 30.3 Å². The van der Waals surface area contributed by atoms with Crippen molar-refractivity contribution in [2.75, 3.05) is 35.7 Å². The first kappa shape index (κ1) is 24.2. The summed E-state index contributed by atoms with van der Waals surface area (Å²) in [6, 6.07) is 8.58. The Kier molecular flexibility index (Phi) is 7.67. The summed E-state index contributed by atoms with van der Waals surface area (Å²) in [4.78, 5) is 24.2. The fourth-order valence-corrected chi connectivity index (χ4v) is 3.37. The smallest absolute Gasteiger partial charge is 0.302 e. The number of benzene rings is 2. The predicted octanol–water partition coefficient (Wildman–Crippen LogP) is 3.38. The van der Waals surface area contributed by atoms with Crippen molar-refractivity contribution < 1.29 is 23.3 Å². The first-order chi connectivity index (χ1) is 14.4. The SMILES string of the molecule is COc1c(NC(=O)c2ccc(C)c(N)c2)cc(C(C)(C)COC(C)=O)cc1NS(C)=O. The molecule has 0 aliphatic rings. The van der Waals surface area contributed by atoms with Crippen molar-refractivity contribution in [2.24, 2.45) is 0 Å². The van der Waals surface area contributed by atoms with E-state index < -0.39 is 16.4 Å². The maximum Gasteiger partial charge on any atom is 0.302 e. The molecule has 0 fully saturated rings. The number of esters is 1. The van der Waals surface area contributed by atoms with Crippen LogP contribution in [0.25, 0.3) is 0 Å². The number of amides is 1. The molecule has 0 bridgehead atoms. The van der Waals surface area contributed by atoms with Gasteiger partial charge in [-0.2, -0.15) is 0 Å². The van der Waals surface area contributed by atoms with E-state index in [2.05, 4.69) is 10.0 Å². The Bertz CT molecular complexity index is 1020. The third kappa shape index (κ3) is 6.21. The average Bonchev–Trinajstić information content (AvgIpc) is 2.68. The van der Waals surface area contributed by atoms with Crippen LogP contribution < -0.4 is 20.5 Å². The lowest BCUT2D eigenvalue weighted by molar-refractivity contribution is -0.142. The summed E-state index contributed by atoms with van der Waals surface area (Å²) in [5, 5.41) is 2.85. The standard InChI is InChI=1S/C22H29N3O5S/c1-13-7-8-15(9-17(13)23)21(27)24-18-10-16(22(3,4)12-30-14(2)26)11-19(20(18)29-5)25-31(6)28/h7-11,25H,12,23H2,1-6H3,(H,24,27). The van der Waals surface area contributed by atoms with Gasteiger partial charge in [0.05, 0.1) is 18.5 Å². The third-order valence-corrected chi connectivity index (χ3v) is 5.26. The number of hydrogen-bond acceptors (Lipinski definition) is 6. The van der Waals surface area contributed by atoms with Gasteiger partial charge in [0.1, 0.15) is 17.6 Å². The largest absolute Gasteiger partial charge is 0.492 e. The van der Waals surface area contributed by atoms with Crippen molar-refractivity contribution in [3.8, 4) is 5.75 Å². The molecule has 31 heavy (non-hydrogen) atoms. The number of carbonyl (C=O) groups excluding carboxylic acids is 2. The number of nitrogens with one attached hydrogen (secondary N) is 2. The predicted molar refractivity (Wildman–Crippen MR) is 124 cm³/mol. The van der Waals surface area contributed by atoms with Crippen molar-refractivity contribution in [1.29, 1.82) is 0 Å². The van der Waals surface area contributed by atoms with E-state index in [4.69, 9.17) is 15.2 Å². The van der Waals surface area contributed by atoms with Gasteiger partial charge in [0.15, 0.2) is 5.75 Å². The molecule has 4 N–H and O–H groups in total.